The standard InChI is InChI=1S/C13H12FN3O5S/c14-23(20,21)7-8-5-11(19)17(6-8)13-16-15-12(22-13)9-1-3-10(18)4-2-9/h1-4,8,18H,5-7H2. The summed E-state index contributed by atoms with van der Waals surface area (Å²) in [5, 5.41) is 16.8. The van der Waals surface area contributed by atoms with Crippen molar-refractivity contribution in [1.82, 2.24) is 10.2 Å². The lowest BCUT2D eigenvalue weighted by Gasteiger charge is -2.10. The van der Waals surface area contributed by atoms with Crippen LogP contribution >= 0.6 is 0 Å². The molecular weight excluding hydrogens is 329 g/mol. The molecule has 0 spiro atoms. The number of phenolic OH excluding ortho intramolecular Hbond substituents is 1. The Labute approximate surface area is 130 Å². The van der Waals surface area contributed by atoms with Crippen molar-refractivity contribution in [3.05, 3.63) is 24.3 Å². The highest BCUT2D eigenvalue weighted by Crippen LogP contribution is 2.28. The van der Waals surface area contributed by atoms with Gasteiger partial charge in [-0.25, -0.2) is 0 Å². The van der Waals surface area contributed by atoms with E-state index in [1.165, 1.54) is 12.1 Å². The van der Waals surface area contributed by atoms with Gasteiger partial charge in [0.15, 0.2) is 0 Å². The Bertz CT molecular complexity index is 834. The molecule has 0 aliphatic carbocycles. The van der Waals surface area contributed by atoms with Crippen LogP contribution in [0.1, 0.15) is 6.42 Å². The lowest BCUT2D eigenvalue weighted by Crippen LogP contribution is -2.25. The molecule has 1 aliphatic rings. The summed E-state index contributed by atoms with van der Waals surface area (Å²) in [6, 6.07) is 5.95. The van der Waals surface area contributed by atoms with Gasteiger partial charge in [0, 0.05) is 24.4 Å². The van der Waals surface area contributed by atoms with Crippen molar-refractivity contribution < 1.29 is 26.6 Å². The first kappa shape index (κ1) is 15.4. The molecule has 0 bridgehead atoms. The molecule has 1 aromatic heterocycles. The predicted molar refractivity (Wildman–Crippen MR) is 76.8 cm³/mol. The van der Waals surface area contributed by atoms with Crippen molar-refractivity contribution >= 4 is 22.1 Å². The highest BCUT2D eigenvalue weighted by atomic mass is 32.3. The van der Waals surface area contributed by atoms with Gasteiger partial charge in [-0.15, -0.1) is 8.98 Å². The van der Waals surface area contributed by atoms with Crippen molar-refractivity contribution in [2.24, 2.45) is 5.92 Å². The number of benzene rings is 1. The zero-order chi connectivity index (χ0) is 16.6. The minimum absolute atomic E-state index is 0.000799. The van der Waals surface area contributed by atoms with E-state index < -0.39 is 27.8 Å². The molecule has 1 saturated heterocycles. The molecule has 122 valence electrons. The van der Waals surface area contributed by atoms with Gasteiger partial charge in [0.25, 0.3) is 0 Å². The molecule has 1 atom stereocenters. The normalized spacial score (nSPS) is 18.6. The molecule has 10 heteroatoms. The minimum atomic E-state index is -4.65. The zero-order valence-corrected chi connectivity index (χ0v) is 12.5. The van der Waals surface area contributed by atoms with Crippen molar-refractivity contribution in [2.45, 2.75) is 6.42 Å². The highest BCUT2D eigenvalue weighted by molar-refractivity contribution is 7.86. The molecule has 1 fully saturated rings. The largest absolute Gasteiger partial charge is 0.508 e. The summed E-state index contributed by atoms with van der Waals surface area (Å²) >= 11 is 0. The predicted octanol–water partition coefficient (Wildman–Crippen LogP) is 1.09. The van der Waals surface area contributed by atoms with E-state index in [0.29, 0.717) is 5.56 Å². The number of amides is 1. The van der Waals surface area contributed by atoms with Gasteiger partial charge in [-0.05, 0) is 24.3 Å². The van der Waals surface area contributed by atoms with E-state index >= 15 is 0 Å². The smallest absolute Gasteiger partial charge is 0.325 e. The van der Waals surface area contributed by atoms with Crippen LogP contribution in [0.3, 0.4) is 0 Å². The number of phenols is 1. The summed E-state index contributed by atoms with van der Waals surface area (Å²) in [6.07, 6.45) is -0.0972. The average molecular weight is 341 g/mol. The molecule has 3 rings (SSSR count). The number of hydrogen-bond donors (Lipinski definition) is 1. The van der Waals surface area contributed by atoms with Crippen LogP contribution in [0.2, 0.25) is 0 Å². The number of rotatable bonds is 4. The quantitative estimate of drug-likeness (QED) is 0.828. The van der Waals surface area contributed by atoms with E-state index in [1.54, 1.807) is 12.1 Å². The van der Waals surface area contributed by atoms with Crippen LogP contribution in [0, 0.1) is 5.92 Å². The molecule has 23 heavy (non-hydrogen) atoms. The fourth-order valence-electron chi connectivity index (χ4n) is 2.40. The lowest BCUT2D eigenvalue weighted by molar-refractivity contribution is -0.117. The molecule has 2 heterocycles. The Morgan fingerprint density at radius 2 is 2.00 bits per heavy atom. The van der Waals surface area contributed by atoms with Crippen molar-refractivity contribution in [3.63, 3.8) is 0 Å². The van der Waals surface area contributed by atoms with Crippen LogP contribution in [-0.2, 0) is 15.0 Å². The third kappa shape index (κ3) is 3.47. The van der Waals surface area contributed by atoms with Gasteiger partial charge in [0.1, 0.15) is 5.75 Å². The minimum Gasteiger partial charge on any atom is -0.508 e. The number of carbonyl (C=O) groups excluding carboxylic acids is 1. The summed E-state index contributed by atoms with van der Waals surface area (Å²) in [7, 11) is -4.65. The second kappa shape index (κ2) is 5.61. The van der Waals surface area contributed by atoms with Gasteiger partial charge in [-0.3, -0.25) is 9.69 Å². The number of anilines is 1. The molecule has 0 radical (unpaired) electrons. The Morgan fingerprint density at radius 3 is 2.65 bits per heavy atom. The summed E-state index contributed by atoms with van der Waals surface area (Å²) in [4.78, 5) is 13.1. The van der Waals surface area contributed by atoms with E-state index in [0.717, 1.165) is 4.90 Å². The molecule has 0 saturated carbocycles. The maximum Gasteiger partial charge on any atom is 0.325 e. The summed E-state index contributed by atoms with van der Waals surface area (Å²) < 4.78 is 39.5. The number of aromatic nitrogens is 2. The monoisotopic (exact) mass is 341 g/mol. The third-order valence-corrected chi connectivity index (χ3v) is 4.27. The summed E-state index contributed by atoms with van der Waals surface area (Å²) in [5.41, 5.74) is 0.552. The SMILES string of the molecule is O=C1CC(CS(=O)(=O)F)CN1c1nnc(-c2ccc(O)cc2)o1. The summed E-state index contributed by atoms with van der Waals surface area (Å²) in [6.45, 7) is -0.000799. The Kier molecular flexibility index (Phi) is 3.76. The van der Waals surface area contributed by atoms with E-state index in [-0.39, 0.29) is 30.6 Å². The fourth-order valence-corrected chi connectivity index (χ4v) is 3.19. The second-order valence-corrected chi connectivity index (χ2v) is 6.63. The van der Waals surface area contributed by atoms with Crippen molar-refractivity contribution in [1.29, 1.82) is 0 Å². The van der Waals surface area contributed by atoms with Gasteiger partial charge in [-0.1, -0.05) is 5.10 Å². The van der Waals surface area contributed by atoms with Crippen LogP contribution in [0.5, 0.6) is 5.75 Å². The second-order valence-electron chi connectivity index (χ2n) is 5.22. The van der Waals surface area contributed by atoms with Crippen molar-refractivity contribution in [2.75, 3.05) is 17.2 Å². The maximum atomic E-state index is 12.7. The summed E-state index contributed by atoms with van der Waals surface area (Å²) in [5.74, 6) is -1.54. The maximum absolute atomic E-state index is 12.7. The van der Waals surface area contributed by atoms with Crippen LogP contribution in [0.25, 0.3) is 11.5 Å². The average Bonchev–Trinajstić information content (AvgIpc) is 3.04. The molecule has 1 aliphatic heterocycles. The lowest BCUT2D eigenvalue weighted by atomic mass is 10.1. The highest BCUT2D eigenvalue weighted by Gasteiger charge is 2.36. The molecule has 8 nitrogen and oxygen atoms in total. The van der Waals surface area contributed by atoms with E-state index in [1.807, 2.05) is 0 Å². The molecule has 1 unspecified atom stereocenters. The van der Waals surface area contributed by atoms with Crippen molar-refractivity contribution in [3.8, 4) is 17.2 Å². The molecule has 2 aromatic rings. The Hall–Kier alpha value is -2.49. The topological polar surface area (TPSA) is 114 Å². The van der Waals surface area contributed by atoms with Crippen LogP contribution < -0.4 is 4.90 Å². The Balaban J connectivity index is 1.78. The first-order valence-electron chi connectivity index (χ1n) is 6.67. The van der Waals surface area contributed by atoms with Gasteiger partial charge < -0.3 is 9.52 Å². The molecule has 1 N–H and O–H groups in total. The fraction of sp³-hybridized carbons (Fsp3) is 0.308. The van der Waals surface area contributed by atoms with Crippen LogP contribution in [-0.4, -0.2) is 41.9 Å². The van der Waals surface area contributed by atoms with Crippen LogP contribution in [0.15, 0.2) is 28.7 Å². The molecular formula is C13H12FN3O5S. The number of carbonyl (C=O) groups is 1. The van der Waals surface area contributed by atoms with Crippen LogP contribution in [0.4, 0.5) is 9.90 Å². The number of aromatic hydroxyl groups is 1. The third-order valence-electron chi connectivity index (χ3n) is 3.40. The van der Waals surface area contributed by atoms with E-state index in [4.69, 9.17) is 4.42 Å². The molecule has 1 aromatic carbocycles. The number of halogens is 1. The number of nitrogens with zero attached hydrogens (tertiary/aromatic N) is 3. The first-order valence-corrected chi connectivity index (χ1v) is 8.23. The first-order chi connectivity index (χ1) is 10.8. The molecule has 1 amide bonds. The van der Waals surface area contributed by atoms with Gasteiger partial charge in [0.2, 0.25) is 11.8 Å². The number of hydrogen-bond acceptors (Lipinski definition) is 7. The van der Waals surface area contributed by atoms with Gasteiger partial charge >= 0.3 is 16.2 Å². The van der Waals surface area contributed by atoms with Gasteiger partial charge in [-0.2, -0.15) is 8.42 Å². The zero-order valence-electron chi connectivity index (χ0n) is 11.7. The van der Waals surface area contributed by atoms with E-state index in [9.17, 15) is 22.2 Å². The van der Waals surface area contributed by atoms with E-state index in [2.05, 4.69) is 10.2 Å². The van der Waals surface area contributed by atoms with Gasteiger partial charge in [0.05, 0.1) is 5.75 Å². The Morgan fingerprint density at radius 1 is 1.30 bits per heavy atom.